The van der Waals surface area contributed by atoms with E-state index >= 15 is 0 Å². The standard InChI is InChI=1S/C22H26N4O2S/c1-12(17-10-14-7-8-15(17)9-14)24-20(27)13(2)29-22-26-25-21(28-22)18-11-23-19-6-4-3-5-16(18)19/h3-6,11-15,17,23H,7-10H2,1-2H3,(H,24,27)/t12-,13-,14-,15-,17-/m0/s1. The highest BCUT2D eigenvalue weighted by Gasteiger charge is 2.42. The Morgan fingerprint density at radius 3 is 2.90 bits per heavy atom. The fraction of sp³-hybridized carbons (Fsp3) is 0.500. The van der Waals surface area contributed by atoms with Crippen LogP contribution in [0.3, 0.4) is 0 Å². The molecule has 0 radical (unpaired) electrons. The number of aromatic amines is 1. The lowest BCUT2D eigenvalue weighted by atomic mass is 9.84. The molecule has 0 saturated heterocycles. The number of aromatic nitrogens is 3. The lowest BCUT2D eigenvalue weighted by Crippen LogP contribution is -2.43. The maximum atomic E-state index is 12.7. The molecular formula is C22H26N4O2S. The van der Waals surface area contributed by atoms with Gasteiger partial charge in [-0.2, -0.15) is 0 Å². The maximum Gasteiger partial charge on any atom is 0.277 e. The second kappa shape index (κ2) is 7.52. The Bertz CT molecular complexity index is 1030. The third-order valence-corrected chi connectivity index (χ3v) is 7.61. The van der Waals surface area contributed by atoms with Gasteiger partial charge in [-0.1, -0.05) is 36.4 Å². The van der Waals surface area contributed by atoms with Crippen LogP contribution in [0.4, 0.5) is 0 Å². The number of para-hydroxylation sites is 1. The van der Waals surface area contributed by atoms with Crippen molar-refractivity contribution in [2.45, 2.75) is 56.0 Å². The molecule has 1 aromatic carbocycles. The van der Waals surface area contributed by atoms with E-state index in [-0.39, 0.29) is 17.2 Å². The molecule has 5 atom stereocenters. The largest absolute Gasteiger partial charge is 0.411 e. The normalized spacial score (nSPS) is 25.4. The maximum absolute atomic E-state index is 12.7. The van der Waals surface area contributed by atoms with Crippen molar-refractivity contribution in [2.75, 3.05) is 0 Å². The number of carbonyl (C=O) groups is 1. The van der Waals surface area contributed by atoms with Gasteiger partial charge in [0, 0.05) is 23.1 Å². The molecule has 2 saturated carbocycles. The van der Waals surface area contributed by atoms with Crippen molar-refractivity contribution in [1.29, 1.82) is 0 Å². The van der Waals surface area contributed by atoms with Crippen LogP contribution in [0.1, 0.15) is 39.5 Å². The van der Waals surface area contributed by atoms with Crippen LogP contribution in [0, 0.1) is 17.8 Å². The molecule has 152 valence electrons. The Kier molecular flexibility index (Phi) is 4.86. The molecule has 2 aliphatic rings. The summed E-state index contributed by atoms with van der Waals surface area (Å²) < 4.78 is 5.84. The fourth-order valence-electron chi connectivity index (χ4n) is 5.17. The molecule has 6 nitrogen and oxygen atoms in total. The monoisotopic (exact) mass is 410 g/mol. The SMILES string of the molecule is C[C@H](Sc1nnc(-c2c[nH]c3ccccc23)o1)C(=O)N[C@@H](C)[C@@H]1C[C@H]2CC[C@H]1C2. The highest BCUT2D eigenvalue weighted by molar-refractivity contribution is 8.00. The lowest BCUT2D eigenvalue weighted by Gasteiger charge is -2.29. The first kappa shape index (κ1) is 18.7. The van der Waals surface area contributed by atoms with Crippen molar-refractivity contribution in [3.63, 3.8) is 0 Å². The van der Waals surface area contributed by atoms with Crippen molar-refractivity contribution >= 4 is 28.6 Å². The van der Waals surface area contributed by atoms with Gasteiger partial charge < -0.3 is 14.7 Å². The smallest absolute Gasteiger partial charge is 0.277 e. The summed E-state index contributed by atoms with van der Waals surface area (Å²) in [6, 6.07) is 8.22. The van der Waals surface area contributed by atoms with E-state index in [0.29, 0.717) is 17.0 Å². The van der Waals surface area contributed by atoms with Crippen LogP contribution in [-0.4, -0.2) is 32.4 Å². The van der Waals surface area contributed by atoms with Gasteiger partial charge in [0.2, 0.25) is 5.91 Å². The van der Waals surface area contributed by atoms with Crippen molar-refractivity contribution in [1.82, 2.24) is 20.5 Å². The number of rotatable bonds is 6. The van der Waals surface area contributed by atoms with Crippen molar-refractivity contribution < 1.29 is 9.21 Å². The number of nitrogens with zero attached hydrogens (tertiary/aromatic N) is 2. The number of benzene rings is 1. The zero-order valence-electron chi connectivity index (χ0n) is 16.7. The minimum Gasteiger partial charge on any atom is -0.411 e. The quantitative estimate of drug-likeness (QED) is 0.579. The van der Waals surface area contributed by atoms with E-state index in [9.17, 15) is 4.79 Å². The number of carbonyl (C=O) groups excluding carboxylic acids is 1. The highest BCUT2D eigenvalue weighted by atomic mass is 32.2. The highest BCUT2D eigenvalue weighted by Crippen LogP contribution is 2.49. The fourth-order valence-corrected chi connectivity index (χ4v) is 5.87. The van der Waals surface area contributed by atoms with Gasteiger partial charge in [0.25, 0.3) is 11.1 Å². The zero-order valence-corrected chi connectivity index (χ0v) is 17.5. The van der Waals surface area contributed by atoms with Gasteiger partial charge >= 0.3 is 0 Å². The Hall–Kier alpha value is -2.28. The molecule has 7 heteroatoms. The van der Waals surface area contributed by atoms with Crippen LogP contribution in [0.5, 0.6) is 0 Å². The van der Waals surface area contributed by atoms with Gasteiger partial charge in [-0.3, -0.25) is 4.79 Å². The predicted molar refractivity (Wildman–Crippen MR) is 113 cm³/mol. The molecule has 2 N–H and O–H groups in total. The van der Waals surface area contributed by atoms with E-state index in [1.54, 1.807) is 0 Å². The Morgan fingerprint density at radius 2 is 2.10 bits per heavy atom. The number of amides is 1. The second-order valence-corrected chi connectivity index (χ2v) is 9.81. The first-order valence-corrected chi connectivity index (χ1v) is 11.3. The predicted octanol–water partition coefficient (Wildman–Crippen LogP) is 4.64. The first-order valence-electron chi connectivity index (χ1n) is 10.5. The number of H-pyrrole nitrogens is 1. The number of thioether (sulfide) groups is 1. The van der Waals surface area contributed by atoms with Crippen LogP contribution in [0.15, 0.2) is 40.1 Å². The molecule has 2 bridgehead atoms. The minimum absolute atomic E-state index is 0.0390. The number of nitrogens with one attached hydrogen (secondary N) is 2. The number of hydrogen-bond donors (Lipinski definition) is 2. The first-order chi connectivity index (χ1) is 14.1. The number of hydrogen-bond acceptors (Lipinski definition) is 5. The van der Waals surface area contributed by atoms with Gasteiger partial charge in [0.15, 0.2) is 0 Å². The van der Waals surface area contributed by atoms with Gasteiger partial charge in [0.1, 0.15) is 0 Å². The zero-order chi connectivity index (χ0) is 20.0. The molecule has 29 heavy (non-hydrogen) atoms. The molecule has 5 rings (SSSR count). The van der Waals surface area contributed by atoms with Gasteiger partial charge in [-0.25, -0.2) is 0 Å². The summed E-state index contributed by atoms with van der Waals surface area (Å²) in [7, 11) is 0. The Morgan fingerprint density at radius 1 is 1.24 bits per heavy atom. The third kappa shape index (κ3) is 3.56. The molecule has 2 aromatic heterocycles. The molecule has 2 fully saturated rings. The Labute approximate surface area is 174 Å². The summed E-state index contributed by atoms with van der Waals surface area (Å²) in [5, 5.41) is 12.7. The molecule has 2 heterocycles. The molecule has 0 aliphatic heterocycles. The van der Waals surface area contributed by atoms with Gasteiger partial charge in [-0.05, 0) is 56.9 Å². The summed E-state index contributed by atoms with van der Waals surface area (Å²) >= 11 is 1.31. The van der Waals surface area contributed by atoms with Crippen LogP contribution in [0.25, 0.3) is 22.4 Å². The molecule has 3 aromatic rings. The topological polar surface area (TPSA) is 83.8 Å². The number of fused-ring (bicyclic) bond motifs is 3. The van der Waals surface area contributed by atoms with Crippen LogP contribution < -0.4 is 5.32 Å². The van der Waals surface area contributed by atoms with E-state index in [0.717, 1.165) is 28.3 Å². The average molecular weight is 411 g/mol. The molecule has 0 unspecified atom stereocenters. The van der Waals surface area contributed by atoms with Crippen molar-refractivity contribution in [3.8, 4) is 11.5 Å². The summed E-state index contributed by atoms with van der Waals surface area (Å²) in [6.45, 7) is 4.05. The lowest BCUT2D eigenvalue weighted by molar-refractivity contribution is -0.121. The van der Waals surface area contributed by atoms with Crippen LogP contribution in [0.2, 0.25) is 0 Å². The summed E-state index contributed by atoms with van der Waals surface area (Å²) in [5.74, 6) is 2.82. The third-order valence-electron chi connectivity index (χ3n) is 6.68. The van der Waals surface area contributed by atoms with E-state index in [1.807, 2.05) is 37.4 Å². The molecule has 2 aliphatic carbocycles. The van der Waals surface area contributed by atoms with E-state index < -0.39 is 0 Å². The van der Waals surface area contributed by atoms with Crippen molar-refractivity contribution in [2.24, 2.45) is 17.8 Å². The summed E-state index contributed by atoms with van der Waals surface area (Å²) in [4.78, 5) is 15.9. The molecule has 0 spiro atoms. The van der Waals surface area contributed by atoms with E-state index in [4.69, 9.17) is 4.42 Å². The minimum atomic E-state index is -0.285. The van der Waals surface area contributed by atoms with Crippen molar-refractivity contribution in [3.05, 3.63) is 30.5 Å². The molecule has 1 amide bonds. The summed E-state index contributed by atoms with van der Waals surface area (Å²) in [6.07, 6.45) is 7.21. The molecular weight excluding hydrogens is 384 g/mol. The van der Waals surface area contributed by atoms with Crippen LogP contribution >= 0.6 is 11.8 Å². The summed E-state index contributed by atoms with van der Waals surface area (Å²) in [5.41, 5.74) is 1.90. The Balaban J connectivity index is 1.22. The second-order valence-electron chi connectivity index (χ2n) is 8.52. The van der Waals surface area contributed by atoms with Crippen LogP contribution in [-0.2, 0) is 4.79 Å². The van der Waals surface area contributed by atoms with Gasteiger partial charge in [-0.15, -0.1) is 10.2 Å². The van der Waals surface area contributed by atoms with E-state index in [1.165, 1.54) is 37.4 Å². The average Bonchev–Trinajstić information content (AvgIpc) is 3.50. The van der Waals surface area contributed by atoms with Gasteiger partial charge in [0.05, 0.1) is 10.8 Å². The van der Waals surface area contributed by atoms with E-state index in [2.05, 4.69) is 27.4 Å².